The first kappa shape index (κ1) is 32.7. The first-order chi connectivity index (χ1) is 17.9. The largest absolute Gasteiger partial charge is 0.513 e. The zero-order valence-corrected chi connectivity index (χ0v) is 23.2. The number of benzene rings is 1. The summed E-state index contributed by atoms with van der Waals surface area (Å²) in [4.78, 5) is 48.5. The fourth-order valence-corrected chi connectivity index (χ4v) is 2.75. The van der Waals surface area contributed by atoms with Gasteiger partial charge in [0.05, 0.1) is 18.6 Å². The summed E-state index contributed by atoms with van der Waals surface area (Å²) in [6.45, 7) is 10.9. The van der Waals surface area contributed by atoms with Crippen molar-refractivity contribution < 1.29 is 47.6 Å². The maximum atomic E-state index is 12.5. The molecule has 0 amide bonds. The molecular weight excluding hydrogens is 498 g/mol. The van der Waals surface area contributed by atoms with Gasteiger partial charge in [-0.1, -0.05) is 32.8 Å². The van der Waals surface area contributed by atoms with Crippen molar-refractivity contribution in [3.63, 3.8) is 0 Å². The smallest absolute Gasteiger partial charge is 0.461 e. The zero-order chi connectivity index (χ0) is 28.7. The van der Waals surface area contributed by atoms with Gasteiger partial charge in [0.25, 0.3) is 0 Å². The minimum absolute atomic E-state index is 0.0236. The van der Waals surface area contributed by atoms with Crippen molar-refractivity contribution in [2.45, 2.75) is 85.8 Å². The van der Waals surface area contributed by atoms with Crippen molar-refractivity contribution in [1.82, 2.24) is 0 Å². The van der Waals surface area contributed by atoms with Crippen molar-refractivity contribution in [3.8, 4) is 11.5 Å². The van der Waals surface area contributed by atoms with E-state index >= 15 is 0 Å². The number of esters is 2. The number of unbranched alkanes of at least 4 members (excludes halogenated alkanes) is 2. The highest BCUT2D eigenvalue weighted by Crippen LogP contribution is 2.30. The Bertz CT molecular complexity index is 925. The number of rotatable bonds is 14. The van der Waals surface area contributed by atoms with Crippen molar-refractivity contribution in [2.75, 3.05) is 19.8 Å². The highest BCUT2D eigenvalue weighted by Gasteiger charge is 2.25. The molecule has 0 bridgehead atoms. The Labute approximate surface area is 224 Å². The molecule has 1 rings (SSSR count). The van der Waals surface area contributed by atoms with Crippen LogP contribution in [0, 0.1) is 5.41 Å². The molecule has 0 aliphatic carbocycles. The summed E-state index contributed by atoms with van der Waals surface area (Å²) < 4.78 is 30.9. The number of carbonyl (C=O) groups is 4. The van der Waals surface area contributed by atoms with Crippen LogP contribution in [0.15, 0.2) is 18.2 Å². The molecule has 1 aromatic rings. The number of hydrogen-bond acceptors (Lipinski definition) is 11. The molecule has 11 nitrogen and oxygen atoms in total. The van der Waals surface area contributed by atoms with E-state index in [1.54, 1.807) is 33.8 Å². The lowest BCUT2D eigenvalue weighted by atomic mass is 9.97. The van der Waals surface area contributed by atoms with E-state index in [0.29, 0.717) is 18.4 Å². The Morgan fingerprint density at radius 1 is 0.868 bits per heavy atom. The molecule has 2 atom stereocenters. The van der Waals surface area contributed by atoms with Gasteiger partial charge in [0.1, 0.15) is 18.8 Å². The molecule has 2 N–H and O–H groups in total. The van der Waals surface area contributed by atoms with Crippen molar-refractivity contribution in [1.29, 1.82) is 0 Å². The van der Waals surface area contributed by atoms with Gasteiger partial charge < -0.3 is 34.2 Å². The average molecular weight is 540 g/mol. The fraction of sp³-hybridized carbons (Fsp3) is 0.630. The van der Waals surface area contributed by atoms with Crippen LogP contribution in [0.2, 0.25) is 0 Å². The SMILES string of the molecule is CCCCOC(=O)Oc1ccc(C[C@H](N)C(=O)O[C@@H](C)COC(=O)C(C)(C)C)cc1OC(=O)OCCCC. The van der Waals surface area contributed by atoms with Gasteiger partial charge in [0.15, 0.2) is 11.5 Å². The monoisotopic (exact) mass is 539 g/mol. The first-order valence-corrected chi connectivity index (χ1v) is 12.8. The molecule has 1 aromatic carbocycles. The van der Waals surface area contributed by atoms with E-state index in [2.05, 4.69) is 0 Å². The molecule has 0 unspecified atom stereocenters. The summed E-state index contributed by atoms with van der Waals surface area (Å²) in [6.07, 6.45) is 0.399. The zero-order valence-electron chi connectivity index (χ0n) is 23.2. The van der Waals surface area contributed by atoms with Crippen LogP contribution in [0.25, 0.3) is 0 Å². The van der Waals surface area contributed by atoms with Crippen LogP contribution >= 0.6 is 0 Å². The molecule has 0 radical (unpaired) electrons. The maximum Gasteiger partial charge on any atom is 0.513 e. The second-order valence-corrected chi connectivity index (χ2v) is 9.80. The van der Waals surface area contributed by atoms with Crippen molar-refractivity contribution in [3.05, 3.63) is 23.8 Å². The summed E-state index contributed by atoms with van der Waals surface area (Å²) >= 11 is 0. The molecular formula is C27H41NO10. The number of hydrogen-bond donors (Lipinski definition) is 1. The summed E-state index contributed by atoms with van der Waals surface area (Å²) in [5.41, 5.74) is 5.85. The number of nitrogens with two attached hydrogens (primary N) is 1. The van der Waals surface area contributed by atoms with Gasteiger partial charge in [-0.15, -0.1) is 0 Å². The Kier molecular flexibility index (Phi) is 14.2. The summed E-state index contributed by atoms with van der Waals surface area (Å²) in [5, 5.41) is 0. The van der Waals surface area contributed by atoms with Gasteiger partial charge >= 0.3 is 24.2 Å². The molecule has 0 aromatic heterocycles. The lowest BCUT2D eigenvalue weighted by Crippen LogP contribution is -2.37. The number of ether oxygens (including phenoxy) is 6. The molecule has 11 heteroatoms. The van der Waals surface area contributed by atoms with E-state index in [1.807, 2.05) is 13.8 Å². The molecule has 0 heterocycles. The van der Waals surface area contributed by atoms with Gasteiger partial charge in [-0.05, 0) is 64.7 Å². The predicted molar refractivity (Wildman–Crippen MR) is 138 cm³/mol. The minimum Gasteiger partial charge on any atom is -0.461 e. The highest BCUT2D eigenvalue weighted by atomic mass is 16.7. The second-order valence-electron chi connectivity index (χ2n) is 9.80. The predicted octanol–water partition coefficient (Wildman–Crippen LogP) is 4.71. The van der Waals surface area contributed by atoms with Crippen molar-refractivity contribution >= 4 is 24.2 Å². The highest BCUT2D eigenvalue weighted by molar-refractivity contribution is 5.77. The lowest BCUT2D eigenvalue weighted by Gasteiger charge is -2.20. The summed E-state index contributed by atoms with van der Waals surface area (Å²) in [5.74, 6) is -1.28. The molecule has 0 spiro atoms. The van der Waals surface area contributed by atoms with Crippen LogP contribution in [0.3, 0.4) is 0 Å². The van der Waals surface area contributed by atoms with Crippen LogP contribution in [-0.2, 0) is 35.0 Å². The standard InChI is InChI=1S/C27H41NO10/c1-7-9-13-33-25(31)37-21-12-11-19(16-22(21)38-26(32)34-14-10-8-2)15-20(28)23(29)36-18(3)17-35-24(30)27(4,5)6/h11-12,16,18,20H,7-10,13-15,17,28H2,1-6H3/t18-,20-/m0/s1. The van der Waals surface area contributed by atoms with Crippen molar-refractivity contribution in [2.24, 2.45) is 11.1 Å². The van der Waals surface area contributed by atoms with Gasteiger partial charge in [-0.3, -0.25) is 9.59 Å². The van der Waals surface area contributed by atoms with Gasteiger partial charge in [0, 0.05) is 0 Å². The lowest BCUT2D eigenvalue weighted by molar-refractivity contribution is -0.163. The number of carbonyl (C=O) groups excluding carboxylic acids is 4. The summed E-state index contributed by atoms with van der Waals surface area (Å²) in [7, 11) is 0. The first-order valence-electron chi connectivity index (χ1n) is 12.8. The topological polar surface area (TPSA) is 150 Å². The van der Waals surface area contributed by atoms with E-state index in [-0.39, 0.29) is 37.7 Å². The van der Waals surface area contributed by atoms with E-state index in [1.165, 1.54) is 12.1 Å². The Morgan fingerprint density at radius 2 is 1.42 bits per heavy atom. The molecule has 214 valence electrons. The van der Waals surface area contributed by atoms with Gasteiger partial charge in [0.2, 0.25) is 0 Å². The Morgan fingerprint density at radius 3 is 1.95 bits per heavy atom. The average Bonchev–Trinajstić information content (AvgIpc) is 2.83. The van der Waals surface area contributed by atoms with Gasteiger partial charge in [-0.25, -0.2) is 9.59 Å². The Hall–Kier alpha value is -3.34. The van der Waals surface area contributed by atoms with E-state index in [9.17, 15) is 19.2 Å². The maximum absolute atomic E-state index is 12.5. The quantitative estimate of drug-likeness (QED) is 0.151. The van der Waals surface area contributed by atoms with Crippen LogP contribution in [0.5, 0.6) is 11.5 Å². The van der Waals surface area contributed by atoms with Crippen LogP contribution in [0.4, 0.5) is 9.59 Å². The van der Waals surface area contributed by atoms with E-state index in [0.717, 1.165) is 12.8 Å². The minimum atomic E-state index is -1.06. The van der Waals surface area contributed by atoms with Gasteiger partial charge in [-0.2, -0.15) is 0 Å². The fourth-order valence-electron chi connectivity index (χ4n) is 2.75. The van der Waals surface area contributed by atoms with Crippen LogP contribution in [-0.4, -0.2) is 56.2 Å². The van der Waals surface area contributed by atoms with E-state index < -0.39 is 41.8 Å². The molecule has 0 saturated carbocycles. The second kappa shape index (κ2) is 16.5. The molecule has 0 aliphatic rings. The molecule has 0 saturated heterocycles. The Balaban J connectivity index is 2.86. The van der Waals surface area contributed by atoms with E-state index in [4.69, 9.17) is 34.2 Å². The third-order valence-corrected chi connectivity index (χ3v) is 4.97. The third-order valence-electron chi connectivity index (χ3n) is 4.97. The summed E-state index contributed by atoms with van der Waals surface area (Å²) in [6, 6.07) is 3.31. The molecule has 0 aliphatic heterocycles. The van der Waals surface area contributed by atoms with Crippen LogP contribution < -0.4 is 15.2 Å². The van der Waals surface area contributed by atoms with Crippen LogP contribution in [0.1, 0.15) is 72.8 Å². The molecule has 0 fully saturated rings. The molecule has 38 heavy (non-hydrogen) atoms. The third kappa shape index (κ3) is 12.8. The normalized spacial score (nSPS) is 12.6.